The van der Waals surface area contributed by atoms with Crippen molar-refractivity contribution in [2.24, 2.45) is 0 Å². The quantitative estimate of drug-likeness (QED) is 0.0261. The molecule has 0 aromatic rings. The molecule has 81 heavy (non-hydrogen) atoms. The Morgan fingerprint density at radius 2 is 0.481 bits per heavy atom. The van der Waals surface area contributed by atoms with E-state index in [4.69, 9.17) is 14.2 Å². The second-order valence-corrected chi connectivity index (χ2v) is 22.7. The Morgan fingerprint density at radius 3 is 0.778 bits per heavy atom. The van der Waals surface area contributed by atoms with Crippen molar-refractivity contribution in [1.82, 2.24) is 0 Å². The van der Waals surface area contributed by atoms with Crippen LogP contribution in [0.3, 0.4) is 0 Å². The molecule has 0 aromatic carbocycles. The summed E-state index contributed by atoms with van der Waals surface area (Å²) in [5.41, 5.74) is 0. The predicted molar refractivity (Wildman–Crippen MR) is 353 cm³/mol. The molecule has 0 aromatic heterocycles. The fraction of sp³-hybridized carbons (Fsp3) is 0.720. The van der Waals surface area contributed by atoms with Crippen molar-refractivity contribution in [2.45, 2.75) is 335 Å². The monoisotopic (exact) mass is 1120 g/mol. The first-order chi connectivity index (χ1) is 40.0. The third-order valence-corrected chi connectivity index (χ3v) is 14.7. The molecule has 0 heterocycles. The number of allylic oxidation sites excluding steroid dienone is 18. The maximum atomic E-state index is 13.0. The lowest BCUT2D eigenvalue weighted by Gasteiger charge is -2.18. The van der Waals surface area contributed by atoms with E-state index >= 15 is 0 Å². The molecule has 0 N–H and O–H groups in total. The van der Waals surface area contributed by atoms with Gasteiger partial charge >= 0.3 is 17.9 Å². The Bertz CT molecular complexity index is 1620. The molecule has 0 aliphatic heterocycles. The molecular formula is C75H128O6. The van der Waals surface area contributed by atoms with Crippen LogP contribution in [-0.4, -0.2) is 37.2 Å². The van der Waals surface area contributed by atoms with Gasteiger partial charge in [-0.05, 0) is 128 Å². The van der Waals surface area contributed by atoms with Gasteiger partial charge in [-0.25, -0.2) is 0 Å². The number of carbonyl (C=O) groups excluding carboxylic acids is 3. The Labute approximate surface area is 501 Å². The lowest BCUT2D eigenvalue weighted by Crippen LogP contribution is -2.30. The summed E-state index contributed by atoms with van der Waals surface area (Å²) in [6, 6.07) is 0. The van der Waals surface area contributed by atoms with Gasteiger partial charge in [0.05, 0.1) is 0 Å². The zero-order valence-corrected chi connectivity index (χ0v) is 53.3. The van der Waals surface area contributed by atoms with Gasteiger partial charge < -0.3 is 14.2 Å². The molecule has 1 unspecified atom stereocenters. The SMILES string of the molecule is CC/C=C\C/C=C\C/C=C\C/C=C\C/C=C\CCCCCCCCCCCC(=O)OCC(COC(=O)CCCCCCC/C=C\CCCCCC)OC(=O)CCCCCCCCCCCC/C=C\C/C=C\C/C=C\CCCCCCC. The Morgan fingerprint density at radius 1 is 0.259 bits per heavy atom. The highest BCUT2D eigenvalue weighted by Crippen LogP contribution is 2.16. The minimum Gasteiger partial charge on any atom is -0.462 e. The van der Waals surface area contributed by atoms with E-state index in [0.717, 1.165) is 116 Å². The first-order valence-electron chi connectivity index (χ1n) is 34.4. The summed E-state index contributed by atoms with van der Waals surface area (Å²) < 4.78 is 17.0. The van der Waals surface area contributed by atoms with Gasteiger partial charge in [-0.2, -0.15) is 0 Å². The summed E-state index contributed by atoms with van der Waals surface area (Å²) >= 11 is 0. The van der Waals surface area contributed by atoms with Crippen LogP contribution in [0.15, 0.2) is 109 Å². The van der Waals surface area contributed by atoms with Gasteiger partial charge in [-0.15, -0.1) is 0 Å². The number of ether oxygens (including phenoxy) is 3. The van der Waals surface area contributed by atoms with Crippen molar-refractivity contribution in [3.8, 4) is 0 Å². The lowest BCUT2D eigenvalue weighted by atomic mass is 10.0. The molecule has 0 saturated carbocycles. The lowest BCUT2D eigenvalue weighted by molar-refractivity contribution is -0.167. The fourth-order valence-corrected chi connectivity index (χ4v) is 9.59. The van der Waals surface area contributed by atoms with Gasteiger partial charge in [0.2, 0.25) is 0 Å². The van der Waals surface area contributed by atoms with E-state index in [1.807, 2.05) is 0 Å². The number of carbonyl (C=O) groups is 3. The standard InChI is InChI=1S/C75H128O6/c1-4-7-10-13-16-19-22-25-27-29-31-33-35-37-39-41-43-45-47-50-53-56-59-62-65-68-74(77)80-71-72(70-79-73(76)67-64-61-58-55-52-49-24-21-18-15-12-9-6-3)81-75(78)69-66-63-60-57-54-51-48-46-44-42-40-38-36-34-32-30-28-26-23-20-17-14-11-8-5-2/h7,10,16,19,21,23-27,30-33,36-39,72H,4-6,8-9,11-15,17-18,20,22,28-29,34-35,40-71H2,1-3H3/b10-7-,19-16-,24-21-,26-23-,27-25-,32-30-,33-31-,38-36-,39-37-. The van der Waals surface area contributed by atoms with Crippen LogP contribution in [0.1, 0.15) is 329 Å². The van der Waals surface area contributed by atoms with Crippen molar-refractivity contribution in [3.05, 3.63) is 109 Å². The molecule has 0 aliphatic carbocycles. The maximum Gasteiger partial charge on any atom is 0.306 e. The van der Waals surface area contributed by atoms with E-state index in [2.05, 4.69) is 130 Å². The van der Waals surface area contributed by atoms with E-state index in [9.17, 15) is 14.4 Å². The minimum atomic E-state index is -0.789. The molecule has 6 nitrogen and oxygen atoms in total. The normalized spacial score (nSPS) is 12.8. The van der Waals surface area contributed by atoms with Crippen LogP contribution in [0, 0.1) is 0 Å². The van der Waals surface area contributed by atoms with Gasteiger partial charge in [-0.3, -0.25) is 14.4 Å². The van der Waals surface area contributed by atoms with E-state index < -0.39 is 6.10 Å². The Hall–Kier alpha value is -3.93. The number of rotatable bonds is 62. The van der Waals surface area contributed by atoms with Crippen LogP contribution in [0.5, 0.6) is 0 Å². The number of unbranched alkanes of at least 4 members (excludes halogenated alkanes) is 33. The van der Waals surface area contributed by atoms with Crippen molar-refractivity contribution >= 4 is 17.9 Å². The molecule has 6 heteroatoms. The van der Waals surface area contributed by atoms with E-state index in [1.165, 1.54) is 173 Å². The predicted octanol–water partition coefficient (Wildman–Crippen LogP) is 23.8. The van der Waals surface area contributed by atoms with Gasteiger partial charge in [0, 0.05) is 19.3 Å². The molecule has 0 saturated heterocycles. The zero-order valence-electron chi connectivity index (χ0n) is 53.3. The first-order valence-corrected chi connectivity index (χ1v) is 34.4. The highest BCUT2D eigenvalue weighted by Gasteiger charge is 2.19. The molecule has 0 amide bonds. The average Bonchev–Trinajstić information content (AvgIpc) is 3.46. The molecule has 464 valence electrons. The maximum absolute atomic E-state index is 13.0. The second-order valence-electron chi connectivity index (χ2n) is 22.7. The summed E-state index contributed by atoms with van der Waals surface area (Å²) in [6.07, 6.45) is 93.8. The van der Waals surface area contributed by atoms with E-state index in [0.29, 0.717) is 19.3 Å². The largest absolute Gasteiger partial charge is 0.462 e. The summed E-state index contributed by atoms with van der Waals surface area (Å²) in [5.74, 6) is -0.893. The van der Waals surface area contributed by atoms with Crippen molar-refractivity contribution < 1.29 is 28.6 Å². The number of hydrogen-bond acceptors (Lipinski definition) is 6. The second kappa shape index (κ2) is 68.6. The Kier molecular flexibility index (Phi) is 65.2. The third kappa shape index (κ3) is 66.8. The highest BCUT2D eigenvalue weighted by molar-refractivity contribution is 5.71. The summed E-state index contributed by atoms with van der Waals surface area (Å²) in [4.78, 5) is 38.4. The molecule has 0 fully saturated rings. The first kappa shape index (κ1) is 77.1. The van der Waals surface area contributed by atoms with Crippen LogP contribution in [0.4, 0.5) is 0 Å². The van der Waals surface area contributed by atoms with Gasteiger partial charge in [-0.1, -0.05) is 291 Å². The molecule has 0 rings (SSSR count). The zero-order chi connectivity index (χ0) is 58.5. The summed E-state index contributed by atoms with van der Waals surface area (Å²) in [7, 11) is 0. The number of hydrogen-bond donors (Lipinski definition) is 0. The van der Waals surface area contributed by atoms with Crippen LogP contribution < -0.4 is 0 Å². The Balaban J connectivity index is 4.34. The average molecular weight is 1130 g/mol. The molecule has 0 aliphatic rings. The molecular weight excluding hydrogens is 997 g/mol. The van der Waals surface area contributed by atoms with Gasteiger partial charge in [0.15, 0.2) is 6.10 Å². The molecule has 0 radical (unpaired) electrons. The molecule has 1 atom stereocenters. The minimum absolute atomic E-state index is 0.0853. The van der Waals surface area contributed by atoms with Crippen molar-refractivity contribution in [3.63, 3.8) is 0 Å². The smallest absolute Gasteiger partial charge is 0.306 e. The molecule has 0 bridgehead atoms. The highest BCUT2D eigenvalue weighted by atomic mass is 16.6. The summed E-state index contributed by atoms with van der Waals surface area (Å²) in [6.45, 7) is 6.51. The number of esters is 3. The fourth-order valence-electron chi connectivity index (χ4n) is 9.59. The van der Waals surface area contributed by atoms with E-state index in [-0.39, 0.29) is 31.1 Å². The third-order valence-electron chi connectivity index (χ3n) is 14.7. The van der Waals surface area contributed by atoms with Crippen molar-refractivity contribution in [2.75, 3.05) is 13.2 Å². The van der Waals surface area contributed by atoms with Crippen LogP contribution >= 0.6 is 0 Å². The van der Waals surface area contributed by atoms with Crippen molar-refractivity contribution in [1.29, 1.82) is 0 Å². The van der Waals surface area contributed by atoms with Gasteiger partial charge in [0.25, 0.3) is 0 Å². The van der Waals surface area contributed by atoms with Gasteiger partial charge in [0.1, 0.15) is 13.2 Å². The van der Waals surface area contributed by atoms with Crippen LogP contribution in [0.25, 0.3) is 0 Å². The van der Waals surface area contributed by atoms with Crippen LogP contribution in [0.2, 0.25) is 0 Å². The van der Waals surface area contributed by atoms with E-state index in [1.54, 1.807) is 0 Å². The summed E-state index contributed by atoms with van der Waals surface area (Å²) in [5, 5.41) is 0. The molecule has 0 spiro atoms. The van der Waals surface area contributed by atoms with Crippen LogP contribution in [-0.2, 0) is 28.6 Å². The topological polar surface area (TPSA) is 78.9 Å².